The highest BCUT2D eigenvalue weighted by Gasteiger charge is 2.12. The fraction of sp³-hybridized carbons (Fsp3) is 0.333. The zero-order chi connectivity index (χ0) is 12.1. The molecule has 2 rings (SSSR count). The second-order valence-electron chi connectivity index (χ2n) is 3.57. The topological polar surface area (TPSA) is 47.0 Å². The van der Waals surface area contributed by atoms with E-state index in [1.165, 1.54) is 4.88 Å². The molecule has 0 atom stereocenters. The molecule has 0 amide bonds. The van der Waals surface area contributed by atoms with Crippen molar-refractivity contribution >= 4 is 11.3 Å². The lowest BCUT2D eigenvalue weighted by atomic mass is 10.3. The molecule has 0 saturated heterocycles. The lowest BCUT2D eigenvalue weighted by Gasteiger charge is -1.98. The summed E-state index contributed by atoms with van der Waals surface area (Å²) in [7, 11) is 3.61. The summed E-state index contributed by atoms with van der Waals surface area (Å²) in [4.78, 5) is 10.1. The van der Waals surface area contributed by atoms with Gasteiger partial charge in [0.1, 0.15) is 5.01 Å². The molecular weight excluding hydrogens is 234 g/mol. The number of nitrogens with zero attached hydrogens (tertiary/aromatic N) is 2. The van der Waals surface area contributed by atoms with Crippen LogP contribution in [0.4, 0.5) is 0 Å². The molecule has 2 aromatic rings. The van der Waals surface area contributed by atoms with E-state index in [1.54, 1.807) is 24.6 Å². The molecule has 0 fully saturated rings. The molecule has 0 radical (unpaired) electrons. The van der Waals surface area contributed by atoms with E-state index >= 15 is 0 Å². The Morgan fingerprint density at radius 3 is 2.94 bits per heavy atom. The first kappa shape index (κ1) is 12.2. The molecule has 90 valence electrons. The molecule has 0 unspecified atom stereocenters. The second-order valence-corrected chi connectivity index (χ2v) is 4.65. The molecule has 2 aromatic heterocycles. The Balaban J connectivity index is 2.33. The average molecular weight is 249 g/mol. The summed E-state index contributed by atoms with van der Waals surface area (Å²) in [6.07, 6.45) is 1.78. The van der Waals surface area contributed by atoms with Crippen molar-refractivity contribution in [3.63, 3.8) is 0 Å². The molecule has 2 heterocycles. The summed E-state index contributed by atoms with van der Waals surface area (Å²) in [6.45, 7) is 1.35. The number of rotatable bonds is 5. The van der Waals surface area contributed by atoms with Gasteiger partial charge < -0.3 is 10.1 Å². The summed E-state index contributed by atoms with van der Waals surface area (Å²) in [5.74, 6) is 0. The van der Waals surface area contributed by atoms with Crippen molar-refractivity contribution in [1.29, 1.82) is 0 Å². The van der Waals surface area contributed by atoms with Gasteiger partial charge in [0.05, 0.1) is 18.0 Å². The van der Waals surface area contributed by atoms with Crippen LogP contribution >= 0.6 is 11.3 Å². The monoisotopic (exact) mass is 249 g/mol. The van der Waals surface area contributed by atoms with Gasteiger partial charge in [0.15, 0.2) is 0 Å². The largest absolute Gasteiger partial charge is 0.378 e. The number of aromatic nitrogens is 2. The number of thiazole rings is 1. The van der Waals surface area contributed by atoms with Crippen LogP contribution in [0, 0.1) is 0 Å². The van der Waals surface area contributed by atoms with Gasteiger partial charge in [0, 0.05) is 24.7 Å². The van der Waals surface area contributed by atoms with Crippen LogP contribution in [0.3, 0.4) is 0 Å². The summed E-state index contributed by atoms with van der Waals surface area (Å²) in [5, 5.41) is 4.09. The van der Waals surface area contributed by atoms with Crippen molar-refractivity contribution in [2.24, 2.45) is 0 Å². The molecule has 5 heteroatoms. The van der Waals surface area contributed by atoms with Crippen LogP contribution in [-0.4, -0.2) is 24.1 Å². The molecule has 0 aromatic carbocycles. The van der Waals surface area contributed by atoms with E-state index in [1.807, 2.05) is 25.2 Å². The van der Waals surface area contributed by atoms with Gasteiger partial charge in [-0.25, -0.2) is 4.98 Å². The smallest absolute Gasteiger partial charge is 0.142 e. The van der Waals surface area contributed by atoms with Crippen LogP contribution in [0.1, 0.15) is 10.6 Å². The molecule has 0 saturated carbocycles. The number of ether oxygens (including phenoxy) is 1. The van der Waals surface area contributed by atoms with Gasteiger partial charge in [-0.2, -0.15) is 0 Å². The first-order chi connectivity index (χ1) is 8.35. The molecule has 0 aliphatic heterocycles. The van der Waals surface area contributed by atoms with E-state index < -0.39 is 0 Å². The van der Waals surface area contributed by atoms with E-state index in [0.717, 1.165) is 22.9 Å². The van der Waals surface area contributed by atoms with Crippen molar-refractivity contribution in [1.82, 2.24) is 15.3 Å². The molecule has 0 bridgehead atoms. The van der Waals surface area contributed by atoms with Crippen LogP contribution in [0.5, 0.6) is 0 Å². The molecule has 17 heavy (non-hydrogen) atoms. The van der Waals surface area contributed by atoms with Crippen molar-refractivity contribution in [3.8, 4) is 10.7 Å². The first-order valence-electron chi connectivity index (χ1n) is 5.38. The minimum Gasteiger partial charge on any atom is -0.378 e. The lowest BCUT2D eigenvalue weighted by Crippen LogP contribution is -2.06. The molecule has 0 aliphatic carbocycles. The minimum atomic E-state index is 0.542. The highest BCUT2D eigenvalue weighted by molar-refractivity contribution is 7.15. The standard InChI is InChI=1S/C12H15N3OS/c1-13-7-11-10(8-16-2)15-12(17-11)9-5-3-4-6-14-9/h3-6,13H,7-8H2,1-2H3. The third-order valence-electron chi connectivity index (χ3n) is 2.28. The highest BCUT2D eigenvalue weighted by Crippen LogP contribution is 2.27. The first-order valence-corrected chi connectivity index (χ1v) is 6.20. The third-order valence-corrected chi connectivity index (χ3v) is 3.40. The number of methoxy groups -OCH3 is 1. The van der Waals surface area contributed by atoms with E-state index in [4.69, 9.17) is 4.74 Å². The maximum absolute atomic E-state index is 5.16. The van der Waals surface area contributed by atoms with Crippen LogP contribution < -0.4 is 5.32 Å². The quantitative estimate of drug-likeness (QED) is 0.881. The van der Waals surface area contributed by atoms with Gasteiger partial charge in [-0.1, -0.05) is 6.07 Å². The summed E-state index contributed by atoms with van der Waals surface area (Å²) in [6, 6.07) is 5.84. The Kier molecular flexibility index (Phi) is 4.19. The number of pyridine rings is 1. The Labute approximate surface area is 105 Å². The van der Waals surface area contributed by atoms with Crippen molar-refractivity contribution in [2.75, 3.05) is 14.2 Å². The Hall–Kier alpha value is -1.30. The van der Waals surface area contributed by atoms with Gasteiger partial charge in [-0.05, 0) is 19.2 Å². The number of nitrogens with one attached hydrogen (secondary N) is 1. The van der Waals surface area contributed by atoms with Gasteiger partial charge in [0.25, 0.3) is 0 Å². The van der Waals surface area contributed by atoms with E-state index in [0.29, 0.717) is 6.61 Å². The average Bonchev–Trinajstić information content (AvgIpc) is 2.75. The van der Waals surface area contributed by atoms with E-state index in [9.17, 15) is 0 Å². The maximum atomic E-state index is 5.16. The summed E-state index contributed by atoms with van der Waals surface area (Å²) >= 11 is 1.66. The fourth-order valence-electron chi connectivity index (χ4n) is 1.53. The lowest BCUT2D eigenvalue weighted by molar-refractivity contribution is 0.181. The Morgan fingerprint density at radius 2 is 2.29 bits per heavy atom. The van der Waals surface area contributed by atoms with Crippen molar-refractivity contribution in [3.05, 3.63) is 35.0 Å². The maximum Gasteiger partial charge on any atom is 0.142 e. The van der Waals surface area contributed by atoms with E-state index in [-0.39, 0.29) is 0 Å². The minimum absolute atomic E-state index is 0.542. The normalized spacial score (nSPS) is 10.7. The van der Waals surface area contributed by atoms with E-state index in [2.05, 4.69) is 15.3 Å². The van der Waals surface area contributed by atoms with Crippen LogP contribution in [0.25, 0.3) is 10.7 Å². The molecular formula is C12H15N3OS. The SMILES string of the molecule is CNCc1sc(-c2ccccn2)nc1COC. The molecule has 4 nitrogen and oxygen atoms in total. The second kappa shape index (κ2) is 5.86. The zero-order valence-electron chi connectivity index (χ0n) is 9.93. The molecule has 0 aliphatic rings. The fourth-order valence-corrected chi connectivity index (χ4v) is 2.58. The number of hydrogen-bond acceptors (Lipinski definition) is 5. The van der Waals surface area contributed by atoms with Gasteiger partial charge >= 0.3 is 0 Å². The van der Waals surface area contributed by atoms with Crippen LogP contribution in [0.2, 0.25) is 0 Å². The van der Waals surface area contributed by atoms with Gasteiger partial charge in [-0.15, -0.1) is 11.3 Å². The van der Waals surface area contributed by atoms with Gasteiger partial charge in [-0.3, -0.25) is 4.98 Å². The van der Waals surface area contributed by atoms with Crippen LogP contribution in [0.15, 0.2) is 24.4 Å². The summed E-state index contributed by atoms with van der Waals surface area (Å²) in [5.41, 5.74) is 1.91. The van der Waals surface area contributed by atoms with Gasteiger partial charge in [0.2, 0.25) is 0 Å². The number of hydrogen-bond donors (Lipinski definition) is 1. The Bertz CT molecular complexity index is 446. The zero-order valence-corrected chi connectivity index (χ0v) is 10.8. The summed E-state index contributed by atoms with van der Waals surface area (Å²) < 4.78 is 5.16. The third kappa shape index (κ3) is 2.88. The molecule has 1 N–H and O–H groups in total. The van der Waals surface area contributed by atoms with Crippen molar-refractivity contribution in [2.45, 2.75) is 13.2 Å². The van der Waals surface area contributed by atoms with Crippen molar-refractivity contribution < 1.29 is 4.74 Å². The predicted molar refractivity (Wildman–Crippen MR) is 68.8 cm³/mol. The highest BCUT2D eigenvalue weighted by atomic mass is 32.1. The molecule has 0 spiro atoms. The van der Waals surface area contributed by atoms with Crippen LogP contribution in [-0.2, 0) is 17.9 Å². The predicted octanol–water partition coefficient (Wildman–Crippen LogP) is 2.07. The Morgan fingerprint density at radius 1 is 1.41 bits per heavy atom.